The predicted octanol–water partition coefficient (Wildman–Crippen LogP) is 3.70. The number of hydrogen-bond acceptors (Lipinski definition) is 6. The second-order valence-corrected chi connectivity index (χ2v) is 10.7. The highest BCUT2D eigenvalue weighted by Gasteiger charge is 2.36. The number of sulfonamides is 1. The average Bonchev–Trinajstić information content (AvgIpc) is 2.84. The predicted molar refractivity (Wildman–Crippen MR) is 122 cm³/mol. The molecule has 1 unspecified atom stereocenters. The number of benzene rings is 1. The van der Waals surface area contributed by atoms with Gasteiger partial charge >= 0.3 is 5.76 Å². The van der Waals surface area contributed by atoms with Crippen LogP contribution in [0.1, 0.15) is 43.6 Å². The summed E-state index contributed by atoms with van der Waals surface area (Å²) in [5.74, 6) is -3.12. The lowest BCUT2D eigenvalue weighted by atomic mass is 9.82. The smallest absolute Gasteiger partial charge is 0.350 e. The highest BCUT2D eigenvalue weighted by Crippen LogP contribution is 2.35. The van der Waals surface area contributed by atoms with Gasteiger partial charge in [0, 0.05) is 31.2 Å². The summed E-state index contributed by atoms with van der Waals surface area (Å²) in [7, 11) is -4.71. The van der Waals surface area contributed by atoms with E-state index >= 15 is 0 Å². The quantitative estimate of drug-likeness (QED) is 0.598. The minimum atomic E-state index is -4.71. The SMILES string of the molecule is O=S(=O)(N[C@H]1CCN(c2cccnn2)CC1COC1CCC(c2cccc(F)c2)CC1)C(F)F. The molecule has 1 aliphatic heterocycles. The fourth-order valence-corrected chi connectivity index (χ4v) is 5.71. The lowest BCUT2D eigenvalue weighted by Gasteiger charge is -2.40. The molecule has 34 heavy (non-hydrogen) atoms. The Kier molecular flexibility index (Phi) is 8.05. The van der Waals surface area contributed by atoms with Gasteiger partial charge in [0.2, 0.25) is 0 Å². The molecule has 7 nitrogen and oxygen atoms in total. The average molecular weight is 499 g/mol. The van der Waals surface area contributed by atoms with Crippen LogP contribution in [0.3, 0.4) is 0 Å². The van der Waals surface area contributed by atoms with Crippen LogP contribution in [0.15, 0.2) is 42.6 Å². The van der Waals surface area contributed by atoms with E-state index in [1.807, 2.05) is 17.0 Å². The second kappa shape index (κ2) is 11.0. The molecule has 0 amide bonds. The van der Waals surface area contributed by atoms with Gasteiger partial charge in [0.15, 0.2) is 5.82 Å². The molecule has 1 saturated heterocycles. The van der Waals surface area contributed by atoms with Gasteiger partial charge in [0.1, 0.15) is 5.82 Å². The lowest BCUT2D eigenvalue weighted by molar-refractivity contribution is -0.00229. The van der Waals surface area contributed by atoms with Crippen molar-refractivity contribution in [2.24, 2.45) is 5.92 Å². The standard InChI is InChI=1S/C23H29F3N4O3S/c24-19-4-1-3-17(13-19)16-6-8-20(9-7-16)33-15-18-14-30(22-5-2-11-27-28-22)12-10-21(18)29-34(31,32)23(25)26/h1-5,11,13,16,18,20-21,23,29H,6-10,12,14-15H2/t16?,18?,20?,21-/m0/s1. The number of ether oxygens (including phenoxy) is 1. The zero-order valence-electron chi connectivity index (χ0n) is 18.7. The Morgan fingerprint density at radius 3 is 2.59 bits per heavy atom. The summed E-state index contributed by atoms with van der Waals surface area (Å²) in [4.78, 5) is 1.97. The summed E-state index contributed by atoms with van der Waals surface area (Å²) >= 11 is 0. The van der Waals surface area contributed by atoms with E-state index in [4.69, 9.17) is 4.74 Å². The largest absolute Gasteiger partial charge is 0.378 e. The van der Waals surface area contributed by atoms with Crippen molar-refractivity contribution in [3.05, 3.63) is 54.0 Å². The number of rotatable bonds is 8. The first kappa shape index (κ1) is 24.9. The number of hydrogen-bond donors (Lipinski definition) is 1. The third-order valence-electron chi connectivity index (χ3n) is 6.71. The molecule has 186 valence electrons. The van der Waals surface area contributed by atoms with Gasteiger partial charge in [-0.1, -0.05) is 12.1 Å². The van der Waals surface area contributed by atoms with Crippen molar-refractivity contribution in [2.45, 2.75) is 55.9 Å². The van der Waals surface area contributed by atoms with Gasteiger partial charge in [-0.25, -0.2) is 17.5 Å². The molecule has 1 saturated carbocycles. The molecule has 0 spiro atoms. The van der Waals surface area contributed by atoms with Crippen molar-refractivity contribution < 1.29 is 26.3 Å². The van der Waals surface area contributed by atoms with E-state index in [1.54, 1.807) is 24.4 Å². The number of nitrogens with zero attached hydrogens (tertiary/aromatic N) is 3. The molecule has 0 radical (unpaired) electrons. The van der Waals surface area contributed by atoms with Crippen molar-refractivity contribution >= 4 is 15.8 Å². The normalized spacial score (nSPS) is 26.1. The molecule has 0 bridgehead atoms. The molecule has 2 aliphatic rings. The highest BCUT2D eigenvalue weighted by atomic mass is 32.2. The van der Waals surface area contributed by atoms with Crippen LogP contribution in [0.25, 0.3) is 0 Å². The second-order valence-electron chi connectivity index (χ2n) is 8.97. The third kappa shape index (κ3) is 6.25. The van der Waals surface area contributed by atoms with Gasteiger partial charge in [0.25, 0.3) is 10.0 Å². The van der Waals surface area contributed by atoms with E-state index in [2.05, 4.69) is 14.9 Å². The minimum Gasteiger partial charge on any atom is -0.378 e. The molecule has 1 aromatic carbocycles. The van der Waals surface area contributed by atoms with Crippen LogP contribution in [-0.2, 0) is 14.8 Å². The van der Waals surface area contributed by atoms with E-state index in [-0.39, 0.29) is 30.4 Å². The third-order valence-corrected chi connectivity index (χ3v) is 7.81. The summed E-state index contributed by atoms with van der Waals surface area (Å²) in [6.45, 7) is 1.11. The fraction of sp³-hybridized carbons (Fsp3) is 0.565. The van der Waals surface area contributed by atoms with Crippen LogP contribution < -0.4 is 9.62 Å². The Bertz CT molecular complexity index is 1040. The van der Waals surface area contributed by atoms with Crippen LogP contribution in [0, 0.1) is 11.7 Å². The number of halogens is 3. The van der Waals surface area contributed by atoms with Gasteiger partial charge in [0.05, 0.1) is 12.7 Å². The van der Waals surface area contributed by atoms with Crippen LogP contribution in [-0.4, -0.2) is 56.2 Å². The fourth-order valence-electron chi connectivity index (χ4n) is 4.87. The molecule has 1 N–H and O–H groups in total. The Hall–Kier alpha value is -2.24. The molecule has 2 fully saturated rings. The highest BCUT2D eigenvalue weighted by molar-refractivity contribution is 7.89. The van der Waals surface area contributed by atoms with Crippen LogP contribution in [0.2, 0.25) is 0 Å². The monoisotopic (exact) mass is 498 g/mol. The maximum atomic E-state index is 13.6. The number of nitrogens with one attached hydrogen (secondary N) is 1. The minimum absolute atomic E-state index is 0.0101. The topological polar surface area (TPSA) is 84.4 Å². The summed E-state index contributed by atoms with van der Waals surface area (Å²) in [5.41, 5.74) is 0.992. The molecular weight excluding hydrogens is 469 g/mol. The number of anilines is 1. The number of aromatic nitrogens is 2. The molecule has 2 heterocycles. The molecule has 11 heteroatoms. The van der Waals surface area contributed by atoms with Crippen molar-refractivity contribution in [3.8, 4) is 0 Å². The van der Waals surface area contributed by atoms with Gasteiger partial charge in [-0.15, -0.1) is 5.10 Å². The first-order valence-corrected chi connectivity index (χ1v) is 13.1. The Labute approximate surface area is 197 Å². The molecule has 1 aromatic heterocycles. The van der Waals surface area contributed by atoms with Crippen molar-refractivity contribution in [1.29, 1.82) is 0 Å². The number of piperidine rings is 1. The van der Waals surface area contributed by atoms with E-state index < -0.39 is 21.8 Å². The maximum absolute atomic E-state index is 13.6. The van der Waals surface area contributed by atoms with E-state index in [9.17, 15) is 21.6 Å². The molecule has 2 atom stereocenters. The Balaban J connectivity index is 1.37. The summed E-state index contributed by atoms with van der Waals surface area (Å²) < 4.78 is 71.5. The van der Waals surface area contributed by atoms with E-state index in [0.29, 0.717) is 25.3 Å². The van der Waals surface area contributed by atoms with Gasteiger partial charge in [-0.05, 0) is 67.9 Å². The Morgan fingerprint density at radius 1 is 1.12 bits per heavy atom. The van der Waals surface area contributed by atoms with Crippen molar-refractivity contribution in [3.63, 3.8) is 0 Å². The van der Waals surface area contributed by atoms with Crippen LogP contribution in [0.4, 0.5) is 19.0 Å². The molecule has 1 aliphatic carbocycles. The van der Waals surface area contributed by atoms with Crippen molar-refractivity contribution in [1.82, 2.24) is 14.9 Å². The van der Waals surface area contributed by atoms with Gasteiger partial charge < -0.3 is 9.64 Å². The van der Waals surface area contributed by atoms with E-state index in [1.165, 1.54) is 6.07 Å². The first-order valence-electron chi connectivity index (χ1n) is 11.5. The van der Waals surface area contributed by atoms with E-state index in [0.717, 1.165) is 31.2 Å². The first-order chi connectivity index (χ1) is 16.3. The van der Waals surface area contributed by atoms with Crippen LogP contribution in [0.5, 0.6) is 0 Å². The van der Waals surface area contributed by atoms with Gasteiger partial charge in [-0.2, -0.15) is 13.9 Å². The Morgan fingerprint density at radius 2 is 1.91 bits per heavy atom. The molecular formula is C23H29F3N4O3S. The zero-order valence-corrected chi connectivity index (χ0v) is 19.5. The van der Waals surface area contributed by atoms with Gasteiger partial charge in [-0.3, -0.25) is 0 Å². The molecule has 2 aromatic rings. The number of alkyl halides is 2. The zero-order chi connectivity index (χ0) is 24.1. The lowest BCUT2D eigenvalue weighted by Crippen LogP contribution is -2.53. The maximum Gasteiger partial charge on any atom is 0.350 e. The van der Waals surface area contributed by atoms with Crippen LogP contribution >= 0.6 is 0 Å². The van der Waals surface area contributed by atoms with Crippen molar-refractivity contribution in [2.75, 3.05) is 24.6 Å². The summed E-state index contributed by atoms with van der Waals surface area (Å²) in [6.07, 6.45) is 5.24. The summed E-state index contributed by atoms with van der Waals surface area (Å²) in [6, 6.07) is 9.59. The summed E-state index contributed by atoms with van der Waals surface area (Å²) in [5, 5.41) is 7.99. The molecule has 4 rings (SSSR count).